The first kappa shape index (κ1) is 17.0. The SMILES string of the molecule is Cc1cc(C)n([C@H](CNC(=O)Cc2ccc(F)cc2)c2ccco2)n1. The van der Waals surface area contributed by atoms with E-state index in [4.69, 9.17) is 4.42 Å². The van der Waals surface area contributed by atoms with E-state index in [1.807, 2.05) is 36.7 Å². The molecular formula is C19H20FN3O2. The maximum Gasteiger partial charge on any atom is 0.224 e. The fourth-order valence-electron chi connectivity index (χ4n) is 2.81. The van der Waals surface area contributed by atoms with Gasteiger partial charge in [0.15, 0.2) is 0 Å². The van der Waals surface area contributed by atoms with Crippen LogP contribution >= 0.6 is 0 Å². The van der Waals surface area contributed by atoms with E-state index < -0.39 is 0 Å². The van der Waals surface area contributed by atoms with Crippen molar-refractivity contribution in [2.45, 2.75) is 26.3 Å². The topological polar surface area (TPSA) is 60.1 Å². The first-order chi connectivity index (χ1) is 12.0. The zero-order valence-corrected chi connectivity index (χ0v) is 14.2. The maximum absolute atomic E-state index is 12.9. The molecule has 3 rings (SSSR count). The fraction of sp³-hybridized carbons (Fsp3) is 0.263. The molecule has 0 aliphatic heterocycles. The molecule has 1 amide bonds. The monoisotopic (exact) mass is 341 g/mol. The number of aromatic nitrogens is 2. The van der Waals surface area contributed by atoms with Crippen molar-refractivity contribution in [3.8, 4) is 0 Å². The van der Waals surface area contributed by atoms with Crippen molar-refractivity contribution in [2.75, 3.05) is 6.54 Å². The lowest BCUT2D eigenvalue weighted by Crippen LogP contribution is -2.33. The molecule has 130 valence electrons. The first-order valence-corrected chi connectivity index (χ1v) is 8.10. The van der Waals surface area contributed by atoms with Crippen LogP contribution < -0.4 is 5.32 Å². The van der Waals surface area contributed by atoms with Crippen molar-refractivity contribution >= 4 is 5.91 Å². The van der Waals surface area contributed by atoms with E-state index in [2.05, 4.69) is 10.4 Å². The Morgan fingerprint density at radius 3 is 2.64 bits per heavy atom. The highest BCUT2D eigenvalue weighted by atomic mass is 19.1. The zero-order chi connectivity index (χ0) is 17.8. The van der Waals surface area contributed by atoms with Crippen LogP contribution in [0.5, 0.6) is 0 Å². The molecule has 2 heterocycles. The Morgan fingerprint density at radius 2 is 2.04 bits per heavy atom. The van der Waals surface area contributed by atoms with Crippen LogP contribution in [0, 0.1) is 19.7 Å². The molecule has 3 aromatic rings. The van der Waals surface area contributed by atoms with Crippen LogP contribution in [0.15, 0.2) is 53.1 Å². The number of nitrogens with one attached hydrogen (secondary N) is 1. The van der Waals surface area contributed by atoms with Gasteiger partial charge in [0, 0.05) is 12.2 Å². The molecule has 0 bridgehead atoms. The molecule has 1 N–H and O–H groups in total. The van der Waals surface area contributed by atoms with Gasteiger partial charge in [0.2, 0.25) is 5.91 Å². The average molecular weight is 341 g/mol. The Hall–Kier alpha value is -2.89. The van der Waals surface area contributed by atoms with Crippen LogP contribution in [0.4, 0.5) is 4.39 Å². The molecule has 25 heavy (non-hydrogen) atoms. The van der Waals surface area contributed by atoms with E-state index in [9.17, 15) is 9.18 Å². The van der Waals surface area contributed by atoms with E-state index in [1.54, 1.807) is 18.4 Å². The molecule has 0 saturated carbocycles. The highest BCUT2D eigenvalue weighted by Crippen LogP contribution is 2.20. The zero-order valence-electron chi connectivity index (χ0n) is 14.2. The minimum absolute atomic E-state index is 0.135. The van der Waals surface area contributed by atoms with Gasteiger partial charge in [-0.1, -0.05) is 12.1 Å². The molecule has 0 aliphatic rings. The lowest BCUT2D eigenvalue weighted by atomic mass is 10.1. The number of hydrogen-bond acceptors (Lipinski definition) is 3. The van der Waals surface area contributed by atoms with Gasteiger partial charge in [-0.2, -0.15) is 5.10 Å². The fourth-order valence-corrected chi connectivity index (χ4v) is 2.81. The summed E-state index contributed by atoms with van der Waals surface area (Å²) in [6.07, 6.45) is 1.80. The summed E-state index contributed by atoms with van der Waals surface area (Å²) < 4.78 is 20.3. The minimum Gasteiger partial charge on any atom is -0.467 e. The summed E-state index contributed by atoms with van der Waals surface area (Å²) in [5, 5.41) is 7.42. The van der Waals surface area contributed by atoms with Gasteiger partial charge in [-0.05, 0) is 49.7 Å². The normalized spacial score (nSPS) is 12.1. The highest BCUT2D eigenvalue weighted by molar-refractivity contribution is 5.78. The standard InChI is InChI=1S/C19H20FN3O2/c1-13-10-14(2)23(22-13)17(18-4-3-9-25-18)12-21-19(24)11-15-5-7-16(20)8-6-15/h3-10,17H,11-12H2,1-2H3,(H,21,24)/t17-/m1/s1. The van der Waals surface area contributed by atoms with Gasteiger partial charge >= 0.3 is 0 Å². The van der Waals surface area contributed by atoms with E-state index in [-0.39, 0.29) is 24.2 Å². The van der Waals surface area contributed by atoms with Crippen molar-refractivity contribution < 1.29 is 13.6 Å². The van der Waals surface area contributed by atoms with Gasteiger partial charge < -0.3 is 9.73 Å². The van der Waals surface area contributed by atoms with Gasteiger partial charge in [-0.3, -0.25) is 9.48 Å². The number of halogens is 1. The Bertz CT molecular complexity index is 838. The molecule has 2 aromatic heterocycles. The van der Waals surface area contributed by atoms with Crippen molar-refractivity contribution in [3.05, 3.63) is 77.3 Å². The Labute approximate surface area is 145 Å². The summed E-state index contributed by atoms with van der Waals surface area (Å²) in [5.41, 5.74) is 2.66. The van der Waals surface area contributed by atoms with Crippen LogP contribution in [0.2, 0.25) is 0 Å². The number of hydrogen-bond donors (Lipinski definition) is 1. The van der Waals surface area contributed by atoms with Crippen LogP contribution in [-0.4, -0.2) is 22.2 Å². The molecular weight excluding hydrogens is 321 g/mol. The number of nitrogens with zero attached hydrogens (tertiary/aromatic N) is 2. The number of aryl methyl sites for hydroxylation is 2. The van der Waals surface area contributed by atoms with Gasteiger partial charge in [0.1, 0.15) is 17.6 Å². The summed E-state index contributed by atoms with van der Waals surface area (Å²) in [4.78, 5) is 12.2. The molecule has 6 heteroatoms. The highest BCUT2D eigenvalue weighted by Gasteiger charge is 2.20. The van der Waals surface area contributed by atoms with Crippen molar-refractivity contribution in [1.29, 1.82) is 0 Å². The van der Waals surface area contributed by atoms with E-state index in [0.29, 0.717) is 6.54 Å². The molecule has 1 atom stereocenters. The summed E-state index contributed by atoms with van der Waals surface area (Å²) >= 11 is 0. The number of carbonyl (C=O) groups excluding carboxylic acids is 1. The molecule has 0 spiro atoms. The van der Waals surface area contributed by atoms with Gasteiger partial charge in [-0.15, -0.1) is 0 Å². The summed E-state index contributed by atoms with van der Waals surface area (Å²) in [6.45, 7) is 4.25. The van der Waals surface area contributed by atoms with Crippen LogP contribution in [0.25, 0.3) is 0 Å². The predicted molar refractivity (Wildman–Crippen MR) is 91.7 cm³/mol. The van der Waals surface area contributed by atoms with Crippen LogP contribution in [0.1, 0.15) is 28.8 Å². The van der Waals surface area contributed by atoms with E-state index >= 15 is 0 Å². The quantitative estimate of drug-likeness (QED) is 0.749. The van der Waals surface area contributed by atoms with Crippen LogP contribution in [-0.2, 0) is 11.2 Å². The summed E-state index contributed by atoms with van der Waals surface area (Å²) in [5.74, 6) is 0.282. The molecule has 0 saturated heterocycles. The second-order valence-corrected chi connectivity index (χ2v) is 6.01. The third-order valence-corrected chi connectivity index (χ3v) is 3.98. The van der Waals surface area contributed by atoms with Crippen molar-refractivity contribution in [3.63, 3.8) is 0 Å². The molecule has 0 unspecified atom stereocenters. The third kappa shape index (κ3) is 4.15. The molecule has 5 nitrogen and oxygen atoms in total. The average Bonchev–Trinajstić information content (AvgIpc) is 3.20. The number of carbonyl (C=O) groups is 1. The number of rotatable bonds is 6. The van der Waals surface area contributed by atoms with E-state index in [0.717, 1.165) is 22.7 Å². The Kier molecular flexibility index (Phi) is 4.97. The van der Waals surface area contributed by atoms with Crippen molar-refractivity contribution in [1.82, 2.24) is 15.1 Å². The number of furan rings is 1. The van der Waals surface area contributed by atoms with Crippen molar-refractivity contribution in [2.24, 2.45) is 0 Å². The summed E-state index contributed by atoms with van der Waals surface area (Å²) in [6, 6.07) is 11.4. The lowest BCUT2D eigenvalue weighted by molar-refractivity contribution is -0.120. The smallest absolute Gasteiger partial charge is 0.224 e. The molecule has 0 fully saturated rings. The first-order valence-electron chi connectivity index (χ1n) is 8.10. The van der Waals surface area contributed by atoms with Gasteiger partial charge in [-0.25, -0.2) is 4.39 Å². The predicted octanol–water partition coefficient (Wildman–Crippen LogP) is 3.18. The second-order valence-electron chi connectivity index (χ2n) is 6.01. The van der Waals surface area contributed by atoms with Gasteiger partial charge in [0.05, 0.1) is 18.4 Å². The van der Waals surface area contributed by atoms with Gasteiger partial charge in [0.25, 0.3) is 0 Å². The van der Waals surface area contributed by atoms with E-state index in [1.165, 1.54) is 12.1 Å². The lowest BCUT2D eigenvalue weighted by Gasteiger charge is -2.18. The molecule has 0 radical (unpaired) electrons. The molecule has 1 aromatic carbocycles. The van der Waals surface area contributed by atoms with Crippen LogP contribution in [0.3, 0.4) is 0 Å². The number of amides is 1. The second kappa shape index (κ2) is 7.34. The largest absolute Gasteiger partial charge is 0.467 e. The Morgan fingerprint density at radius 1 is 1.28 bits per heavy atom. The Balaban J connectivity index is 1.69. The number of benzene rings is 1. The minimum atomic E-state index is -0.313. The molecule has 0 aliphatic carbocycles. The maximum atomic E-state index is 12.9. The third-order valence-electron chi connectivity index (χ3n) is 3.98. The summed E-state index contributed by atoms with van der Waals surface area (Å²) in [7, 11) is 0.